The number of aromatic amines is 1. The van der Waals surface area contributed by atoms with Crippen molar-refractivity contribution < 1.29 is 0 Å². The molecule has 5 heteroatoms. The van der Waals surface area contributed by atoms with Crippen molar-refractivity contribution in [2.45, 2.75) is 6.92 Å². The molecular formula is C12H13N5. The first-order valence-electron chi connectivity index (χ1n) is 5.18. The third kappa shape index (κ3) is 2.06. The molecule has 86 valence electrons. The van der Waals surface area contributed by atoms with E-state index < -0.39 is 0 Å². The molecule has 17 heavy (non-hydrogen) atoms. The normalized spacial score (nSPS) is 9.94. The van der Waals surface area contributed by atoms with Crippen molar-refractivity contribution in [1.29, 1.82) is 5.26 Å². The maximum Gasteiger partial charge on any atom is 0.175 e. The molecule has 0 radical (unpaired) electrons. The molecule has 3 N–H and O–H groups in total. The van der Waals surface area contributed by atoms with E-state index in [1.54, 1.807) is 12.1 Å². The first-order chi connectivity index (χ1) is 8.11. The molecule has 0 saturated carbocycles. The molecule has 5 nitrogen and oxygen atoms in total. The van der Waals surface area contributed by atoms with Gasteiger partial charge in [0.2, 0.25) is 0 Å². The molecule has 0 amide bonds. The van der Waals surface area contributed by atoms with Gasteiger partial charge in [0, 0.05) is 12.7 Å². The molecule has 0 bridgehead atoms. The van der Waals surface area contributed by atoms with E-state index in [9.17, 15) is 0 Å². The Kier molecular flexibility index (Phi) is 2.71. The topological polar surface area (TPSA) is 81.7 Å². The number of anilines is 3. The van der Waals surface area contributed by atoms with Gasteiger partial charge >= 0.3 is 0 Å². The highest BCUT2D eigenvalue weighted by Crippen LogP contribution is 2.26. The van der Waals surface area contributed by atoms with Crippen molar-refractivity contribution in [3.8, 4) is 6.07 Å². The predicted octanol–water partition coefficient (Wildman–Crippen LogP) is 1.94. The van der Waals surface area contributed by atoms with E-state index in [0.29, 0.717) is 17.2 Å². The van der Waals surface area contributed by atoms with Crippen LogP contribution < -0.4 is 10.6 Å². The van der Waals surface area contributed by atoms with Crippen LogP contribution in [0, 0.1) is 18.3 Å². The summed E-state index contributed by atoms with van der Waals surface area (Å²) in [5.41, 5.74) is 7.31. The molecule has 0 aliphatic rings. The SMILES string of the molecule is Cc1nc(N(C)c2cccc(C#N)c2)c(N)[nH]1. The fraction of sp³-hybridized carbons (Fsp3) is 0.167. The van der Waals surface area contributed by atoms with E-state index in [1.165, 1.54) is 0 Å². The van der Waals surface area contributed by atoms with Crippen LogP contribution >= 0.6 is 0 Å². The van der Waals surface area contributed by atoms with E-state index in [2.05, 4.69) is 16.0 Å². The molecule has 2 aromatic rings. The number of aryl methyl sites for hydroxylation is 1. The molecule has 0 fully saturated rings. The lowest BCUT2D eigenvalue weighted by atomic mass is 10.2. The van der Waals surface area contributed by atoms with Gasteiger partial charge in [-0.1, -0.05) is 6.07 Å². The number of benzene rings is 1. The van der Waals surface area contributed by atoms with Gasteiger partial charge in [-0.15, -0.1) is 0 Å². The molecule has 1 aromatic carbocycles. The third-order valence-corrected chi connectivity index (χ3v) is 2.51. The zero-order chi connectivity index (χ0) is 12.4. The summed E-state index contributed by atoms with van der Waals surface area (Å²) in [7, 11) is 1.86. The molecular weight excluding hydrogens is 214 g/mol. The lowest BCUT2D eigenvalue weighted by molar-refractivity contribution is 1.11. The Morgan fingerprint density at radius 2 is 2.24 bits per heavy atom. The van der Waals surface area contributed by atoms with Gasteiger partial charge in [-0.2, -0.15) is 5.26 Å². The predicted molar refractivity (Wildman–Crippen MR) is 67.0 cm³/mol. The Labute approximate surface area is 99.5 Å². The number of nitriles is 1. The van der Waals surface area contributed by atoms with Gasteiger partial charge in [0.05, 0.1) is 11.6 Å². The molecule has 1 aromatic heterocycles. The quantitative estimate of drug-likeness (QED) is 0.821. The minimum absolute atomic E-state index is 0.521. The highest BCUT2D eigenvalue weighted by molar-refractivity contribution is 5.69. The average molecular weight is 227 g/mol. The summed E-state index contributed by atoms with van der Waals surface area (Å²) in [6.45, 7) is 1.85. The third-order valence-electron chi connectivity index (χ3n) is 2.51. The number of hydrogen-bond acceptors (Lipinski definition) is 4. The fourth-order valence-corrected chi connectivity index (χ4v) is 1.66. The first kappa shape index (κ1) is 11.0. The minimum Gasteiger partial charge on any atom is -0.382 e. The molecule has 0 aliphatic carbocycles. The van der Waals surface area contributed by atoms with Crippen molar-refractivity contribution in [2.24, 2.45) is 0 Å². The number of rotatable bonds is 2. The molecule has 0 aliphatic heterocycles. The summed E-state index contributed by atoms with van der Waals surface area (Å²) in [6.07, 6.45) is 0. The highest BCUT2D eigenvalue weighted by atomic mass is 15.2. The van der Waals surface area contributed by atoms with Gasteiger partial charge in [0.1, 0.15) is 11.6 Å². The maximum atomic E-state index is 8.86. The zero-order valence-electron chi connectivity index (χ0n) is 9.73. The molecule has 1 heterocycles. The summed E-state index contributed by atoms with van der Waals surface area (Å²) >= 11 is 0. The number of aromatic nitrogens is 2. The Morgan fingerprint density at radius 1 is 1.47 bits per heavy atom. The largest absolute Gasteiger partial charge is 0.382 e. The first-order valence-corrected chi connectivity index (χ1v) is 5.18. The number of hydrogen-bond donors (Lipinski definition) is 2. The number of nitrogens with zero attached hydrogens (tertiary/aromatic N) is 3. The van der Waals surface area contributed by atoms with Crippen LogP contribution in [-0.2, 0) is 0 Å². The van der Waals surface area contributed by atoms with Crippen LogP contribution in [0.3, 0.4) is 0 Å². The van der Waals surface area contributed by atoms with Crippen LogP contribution in [0.4, 0.5) is 17.3 Å². The Hall–Kier alpha value is -2.48. The van der Waals surface area contributed by atoms with E-state index >= 15 is 0 Å². The molecule has 0 atom stereocenters. The van der Waals surface area contributed by atoms with Gasteiger partial charge < -0.3 is 15.6 Å². The monoisotopic (exact) mass is 227 g/mol. The summed E-state index contributed by atoms with van der Waals surface area (Å²) in [4.78, 5) is 9.10. The van der Waals surface area contributed by atoms with E-state index in [-0.39, 0.29) is 0 Å². The molecule has 0 unspecified atom stereocenters. The van der Waals surface area contributed by atoms with Crippen LogP contribution in [0.5, 0.6) is 0 Å². The smallest absolute Gasteiger partial charge is 0.175 e. The Balaban J connectivity index is 2.40. The van der Waals surface area contributed by atoms with Crippen molar-refractivity contribution in [3.05, 3.63) is 35.7 Å². The lowest BCUT2D eigenvalue weighted by Crippen LogP contribution is -2.11. The zero-order valence-corrected chi connectivity index (χ0v) is 9.73. The summed E-state index contributed by atoms with van der Waals surface area (Å²) in [5, 5.41) is 8.86. The van der Waals surface area contributed by atoms with Crippen LogP contribution in [-0.4, -0.2) is 17.0 Å². The van der Waals surface area contributed by atoms with Crippen LogP contribution in [0.2, 0.25) is 0 Å². The number of nitrogen functional groups attached to an aromatic ring is 1. The number of nitrogens with two attached hydrogens (primary N) is 1. The molecule has 0 saturated heterocycles. The Bertz CT molecular complexity index is 579. The maximum absolute atomic E-state index is 8.86. The highest BCUT2D eigenvalue weighted by Gasteiger charge is 2.12. The van der Waals surface area contributed by atoms with Crippen LogP contribution in [0.15, 0.2) is 24.3 Å². The van der Waals surface area contributed by atoms with Crippen molar-refractivity contribution >= 4 is 17.3 Å². The lowest BCUT2D eigenvalue weighted by Gasteiger charge is -2.17. The molecule has 2 rings (SSSR count). The van der Waals surface area contributed by atoms with E-state index in [0.717, 1.165) is 11.5 Å². The Morgan fingerprint density at radius 3 is 2.82 bits per heavy atom. The minimum atomic E-state index is 0.521. The van der Waals surface area contributed by atoms with E-state index in [1.807, 2.05) is 31.0 Å². The summed E-state index contributed by atoms with van der Waals surface area (Å²) in [5.74, 6) is 1.95. The summed E-state index contributed by atoms with van der Waals surface area (Å²) < 4.78 is 0. The summed E-state index contributed by atoms with van der Waals surface area (Å²) in [6, 6.07) is 9.40. The second-order valence-electron chi connectivity index (χ2n) is 3.78. The van der Waals surface area contributed by atoms with Crippen molar-refractivity contribution in [2.75, 3.05) is 17.7 Å². The van der Waals surface area contributed by atoms with Gasteiger partial charge in [0.15, 0.2) is 5.82 Å². The van der Waals surface area contributed by atoms with Crippen molar-refractivity contribution in [3.63, 3.8) is 0 Å². The van der Waals surface area contributed by atoms with Crippen molar-refractivity contribution in [1.82, 2.24) is 9.97 Å². The second kappa shape index (κ2) is 4.18. The fourth-order valence-electron chi connectivity index (χ4n) is 1.66. The van der Waals surface area contributed by atoms with Gasteiger partial charge in [-0.25, -0.2) is 4.98 Å². The standard InChI is InChI=1S/C12H13N5/c1-8-15-11(14)12(16-8)17(2)10-5-3-4-9(6-10)7-13/h3-6H,14H2,1-2H3,(H,15,16). The van der Waals surface area contributed by atoms with Gasteiger partial charge in [0.25, 0.3) is 0 Å². The van der Waals surface area contributed by atoms with Crippen LogP contribution in [0.1, 0.15) is 11.4 Å². The number of imidazole rings is 1. The molecule has 0 spiro atoms. The van der Waals surface area contributed by atoms with Gasteiger partial charge in [-0.05, 0) is 25.1 Å². The second-order valence-corrected chi connectivity index (χ2v) is 3.78. The average Bonchev–Trinajstić information content (AvgIpc) is 2.67. The van der Waals surface area contributed by atoms with E-state index in [4.69, 9.17) is 11.0 Å². The van der Waals surface area contributed by atoms with Gasteiger partial charge in [-0.3, -0.25) is 0 Å². The van der Waals surface area contributed by atoms with Crippen LogP contribution in [0.25, 0.3) is 0 Å². The number of nitrogens with one attached hydrogen (secondary N) is 1. The number of H-pyrrole nitrogens is 1.